The van der Waals surface area contributed by atoms with E-state index in [2.05, 4.69) is 47.5 Å². The lowest BCUT2D eigenvalue weighted by Crippen LogP contribution is -2.34. The normalized spacial score (nSPS) is 17.3. The van der Waals surface area contributed by atoms with Crippen molar-refractivity contribution >= 4 is 5.69 Å². The fourth-order valence-electron chi connectivity index (χ4n) is 3.67. The number of nitrogens with one attached hydrogen (secondary N) is 1. The molecular weight excluding hydrogens is 320 g/mol. The minimum Gasteiger partial charge on any atom is -0.379 e. The van der Waals surface area contributed by atoms with Gasteiger partial charge in [0.15, 0.2) is 0 Å². The van der Waals surface area contributed by atoms with Gasteiger partial charge in [0.05, 0.1) is 16.8 Å². The van der Waals surface area contributed by atoms with Crippen molar-refractivity contribution in [3.63, 3.8) is 0 Å². The molecule has 0 spiro atoms. The van der Waals surface area contributed by atoms with Crippen LogP contribution in [0.2, 0.25) is 0 Å². The van der Waals surface area contributed by atoms with Gasteiger partial charge in [-0.2, -0.15) is 10.5 Å². The summed E-state index contributed by atoms with van der Waals surface area (Å²) < 4.78 is 0. The molecule has 132 valence electrons. The van der Waals surface area contributed by atoms with Crippen molar-refractivity contribution in [1.29, 1.82) is 10.5 Å². The Morgan fingerprint density at radius 2 is 1.73 bits per heavy atom. The van der Waals surface area contributed by atoms with Crippen LogP contribution in [0.15, 0.2) is 42.5 Å². The standard InChI is InChI=1S/C22H24N4/c1-17-6-5-11-26(15-17)16-21-8-3-2-7-20(21)14-25-22-18(12-23)9-4-10-19(22)13-24/h2-4,7-10,17,25H,5-6,11,14-16H2,1H3. The number of hydrogen-bond donors (Lipinski definition) is 1. The first-order valence-electron chi connectivity index (χ1n) is 9.17. The molecule has 1 aliphatic rings. The van der Waals surface area contributed by atoms with Crippen molar-refractivity contribution < 1.29 is 0 Å². The maximum atomic E-state index is 9.33. The molecule has 0 saturated carbocycles. The molecule has 1 heterocycles. The highest BCUT2D eigenvalue weighted by Gasteiger charge is 2.17. The van der Waals surface area contributed by atoms with Crippen LogP contribution in [0.25, 0.3) is 0 Å². The Morgan fingerprint density at radius 1 is 1.04 bits per heavy atom. The Hall–Kier alpha value is -2.82. The second kappa shape index (κ2) is 8.52. The molecule has 26 heavy (non-hydrogen) atoms. The van der Waals surface area contributed by atoms with E-state index in [1.807, 2.05) is 6.07 Å². The monoisotopic (exact) mass is 344 g/mol. The first-order valence-corrected chi connectivity index (χ1v) is 9.17. The van der Waals surface area contributed by atoms with Crippen molar-refractivity contribution in [3.8, 4) is 12.1 Å². The highest BCUT2D eigenvalue weighted by molar-refractivity contribution is 5.66. The minimum absolute atomic E-state index is 0.506. The predicted molar refractivity (Wildman–Crippen MR) is 103 cm³/mol. The summed E-state index contributed by atoms with van der Waals surface area (Å²) in [4.78, 5) is 2.52. The van der Waals surface area contributed by atoms with Gasteiger partial charge in [0.1, 0.15) is 12.1 Å². The highest BCUT2D eigenvalue weighted by atomic mass is 15.1. The number of nitriles is 2. The Kier molecular flexibility index (Phi) is 5.89. The zero-order chi connectivity index (χ0) is 18.4. The number of benzene rings is 2. The third-order valence-corrected chi connectivity index (χ3v) is 5.01. The van der Waals surface area contributed by atoms with Gasteiger partial charge in [-0.25, -0.2) is 0 Å². The van der Waals surface area contributed by atoms with Gasteiger partial charge >= 0.3 is 0 Å². The average molecular weight is 344 g/mol. The van der Waals surface area contributed by atoms with E-state index in [4.69, 9.17) is 0 Å². The summed E-state index contributed by atoms with van der Waals surface area (Å²) >= 11 is 0. The Balaban J connectivity index is 1.76. The smallest absolute Gasteiger partial charge is 0.101 e. The topological polar surface area (TPSA) is 62.9 Å². The number of nitrogens with zero attached hydrogens (tertiary/aromatic N) is 3. The largest absolute Gasteiger partial charge is 0.379 e. The summed E-state index contributed by atoms with van der Waals surface area (Å²) in [6.07, 6.45) is 2.59. The summed E-state index contributed by atoms with van der Waals surface area (Å²) in [5, 5.41) is 22.0. The summed E-state index contributed by atoms with van der Waals surface area (Å²) in [5.74, 6) is 0.759. The van der Waals surface area contributed by atoms with Crippen molar-refractivity contribution in [3.05, 3.63) is 64.7 Å². The lowest BCUT2D eigenvalue weighted by atomic mass is 9.99. The number of piperidine rings is 1. The molecule has 0 aromatic heterocycles. The number of para-hydroxylation sites is 1. The summed E-state index contributed by atoms with van der Waals surface area (Å²) in [6.45, 7) is 6.18. The van der Waals surface area contributed by atoms with Crippen molar-refractivity contribution in [1.82, 2.24) is 4.90 Å². The number of likely N-dealkylation sites (tertiary alicyclic amines) is 1. The van der Waals surface area contributed by atoms with E-state index in [9.17, 15) is 10.5 Å². The number of hydrogen-bond acceptors (Lipinski definition) is 4. The molecule has 0 aliphatic carbocycles. The molecule has 4 heteroatoms. The van der Waals surface area contributed by atoms with Crippen LogP contribution in [-0.4, -0.2) is 18.0 Å². The van der Waals surface area contributed by atoms with Gasteiger partial charge in [-0.1, -0.05) is 37.3 Å². The second-order valence-electron chi connectivity index (χ2n) is 7.06. The quantitative estimate of drug-likeness (QED) is 0.879. The Morgan fingerprint density at radius 3 is 2.38 bits per heavy atom. The Bertz CT molecular complexity index is 812. The first-order chi connectivity index (χ1) is 12.7. The highest BCUT2D eigenvalue weighted by Crippen LogP contribution is 2.23. The van der Waals surface area contributed by atoms with Gasteiger partial charge < -0.3 is 5.32 Å². The van der Waals surface area contributed by atoms with Crippen molar-refractivity contribution in [2.75, 3.05) is 18.4 Å². The van der Waals surface area contributed by atoms with Crippen LogP contribution in [-0.2, 0) is 13.1 Å². The van der Waals surface area contributed by atoms with Gasteiger partial charge in [0, 0.05) is 19.6 Å². The molecule has 0 radical (unpaired) electrons. The molecule has 1 saturated heterocycles. The molecule has 2 aromatic carbocycles. The van der Waals surface area contributed by atoms with Gasteiger partial charge in [-0.05, 0) is 48.6 Å². The van der Waals surface area contributed by atoms with Crippen LogP contribution in [0.1, 0.15) is 42.0 Å². The van der Waals surface area contributed by atoms with Gasteiger partial charge in [-0.15, -0.1) is 0 Å². The molecule has 1 fully saturated rings. The van der Waals surface area contributed by atoms with Crippen LogP contribution in [0.4, 0.5) is 5.69 Å². The molecule has 0 amide bonds. The third-order valence-electron chi connectivity index (χ3n) is 5.01. The molecular formula is C22H24N4. The Labute approximate surface area is 155 Å². The lowest BCUT2D eigenvalue weighted by molar-refractivity contribution is 0.176. The molecule has 3 rings (SSSR count). The van der Waals surface area contributed by atoms with Gasteiger partial charge in [0.25, 0.3) is 0 Å². The zero-order valence-corrected chi connectivity index (χ0v) is 15.2. The third kappa shape index (κ3) is 4.23. The van der Waals surface area contributed by atoms with Crippen LogP contribution >= 0.6 is 0 Å². The van der Waals surface area contributed by atoms with Crippen LogP contribution in [0.3, 0.4) is 0 Å². The predicted octanol–water partition coefficient (Wildman–Crippen LogP) is 4.27. The van der Waals surface area contributed by atoms with Gasteiger partial charge in [0.2, 0.25) is 0 Å². The van der Waals surface area contributed by atoms with E-state index >= 15 is 0 Å². The van der Waals surface area contributed by atoms with Gasteiger partial charge in [-0.3, -0.25) is 4.90 Å². The SMILES string of the molecule is CC1CCCN(Cc2ccccc2CNc2c(C#N)cccc2C#N)C1. The first kappa shape index (κ1) is 18.0. The molecule has 1 N–H and O–H groups in total. The average Bonchev–Trinajstić information content (AvgIpc) is 2.67. The number of rotatable bonds is 5. The fraction of sp³-hybridized carbons (Fsp3) is 0.364. The van der Waals surface area contributed by atoms with Crippen LogP contribution in [0, 0.1) is 28.6 Å². The fourth-order valence-corrected chi connectivity index (χ4v) is 3.67. The molecule has 4 nitrogen and oxygen atoms in total. The molecule has 2 aromatic rings. The van der Waals surface area contributed by atoms with E-state index in [1.54, 1.807) is 18.2 Å². The van der Waals surface area contributed by atoms with E-state index in [1.165, 1.54) is 24.0 Å². The second-order valence-corrected chi connectivity index (χ2v) is 7.06. The summed E-state index contributed by atoms with van der Waals surface area (Å²) in [6, 6.07) is 18.0. The maximum absolute atomic E-state index is 9.33. The van der Waals surface area contributed by atoms with Crippen LogP contribution in [0.5, 0.6) is 0 Å². The summed E-state index contributed by atoms with van der Waals surface area (Å²) in [7, 11) is 0. The molecule has 0 bridgehead atoms. The molecule has 1 aliphatic heterocycles. The minimum atomic E-state index is 0.506. The van der Waals surface area contributed by atoms with E-state index in [0.29, 0.717) is 23.4 Å². The van der Waals surface area contributed by atoms with Crippen LogP contribution < -0.4 is 5.32 Å². The number of anilines is 1. The van der Waals surface area contributed by atoms with Crippen molar-refractivity contribution in [2.45, 2.75) is 32.9 Å². The molecule has 1 atom stereocenters. The zero-order valence-electron chi connectivity index (χ0n) is 15.2. The summed E-state index contributed by atoms with van der Waals surface area (Å²) in [5.41, 5.74) is 4.15. The van der Waals surface area contributed by atoms with E-state index < -0.39 is 0 Å². The molecule has 1 unspecified atom stereocenters. The van der Waals surface area contributed by atoms with Crippen molar-refractivity contribution in [2.24, 2.45) is 5.92 Å². The van der Waals surface area contributed by atoms with E-state index in [0.717, 1.165) is 25.6 Å². The van der Waals surface area contributed by atoms with E-state index in [-0.39, 0.29) is 0 Å². The maximum Gasteiger partial charge on any atom is 0.101 e. The lowest BCUT2D eigenvalue weighted by Gasteiger charge is -2.31.